The number of methoxy groups -OCH3 is 1. The molecule has 1 aromatic carbocycles. The van der Waals surface area contributed by atoms with Crippen LogP contribution in [0.2, 0.25) is 0 Å². The summed E-state index contributed by atoms with van der Waals surface area (Å²) in [4.78, 5) is 20.6. The largest absolute Gasteiger partial charge is 0.497 e. The van der Waals surface area contributed by atoms with Crippen molar-refractivity contribution in [3.05, 3.63) is 57.2 Å². The molecule has 1 unspecified atom stereocenters. The maximum absolute atomic E-state index is 13.2. The van der Waals surface area contributed by atoms with Gasteiger partial charge in [0.05, 0.1) is 18.8 Å². The quantitative estimate of drug-likeness (QED) is 0.623. The van der Waals surface area contributed by atoms with Crippen LogP contribution in [0.15, 0.2) is 41.1 Å². The number of nitrogens with zero attached hydrogens (tertiary/aromatic N) is 2. The molecule has 134 valence electrons. The van der Waals surface area contributed by atoms with Crippen molar-refractivity contribution in [1.82, 2.24) is 9.88 Å². The van der Waals surface area contributed by atoms with Gasteiger partial charge in [0.15, 0.2) is 0 Å². The minimum Gasteiger partial charge on any atom is -0.497 e. The highest BCUT2D eigenvalue weighted by atomic mass is 32.1. The zero-order valence-corrected chi connectivity index (χ0v) is 16.4. The molecule has 6 heteroatoms. The third-order valence-corrected chi connectivity index (χ3v) is 6.65. The Morgan fingerprint density at radius 1 is 1.27 bits per heavy atom. The normalized spacial score (nSPS) is 16.8. The molecular formula is C20H20N2O2S2. The van der Waals surface area contributed by atoms with Gasteiger partial charge in [-0.05, 0) is 48.9 Å². The van der Waals surface area contributed by atoms with Crippen LogP contribution < -0.4 is 4.74 Å². The van der Waals surface area contributed by atoms with Crippen LogP contribution in [0.5, 0.6) is 5.75 Å². The predicted molar refractivity (Wildman–Crippen MR) is 106 cm³/mol. The molecule has 4 rings (SSSR count). The third kappa shape index (κ3) is 3.15. The number of amides is 1. The Labute approximate surface area is 161 Å². The molecule has 0 N–H and O–H groups in total. The van der Waals surface area contributed by atoms with E-state index in [9.17, 15) is 4.79 Å². The second-order valence-corrected chi connectivity index (χ2v) is 8.15. The van der Waals surface area contributed by atoms with E-state index in [1.807, 2.05) is 35.4 Å². The van der Waals surface area contributed by atoms with E-state index in [1.165, 1.54) is 11.3 Å². The van der Waals surface area contributed by atoms with Gasteiger partial charge in [-0.1, -0.05) is 12.1 Å². The first kappa shape index (κ1) is 17.2. The number of benzene rings is 1. The molecule has 1 fully saturated rings. The first-order valence-corrected chi connectivity index (χ1v) is 10.4. The van der Waals surface area contributed by atoms with Gasteiger partial charge in [0.1, 0.15) is 15.6 Å². The zero-order valence-electron chi connectivity index (χ0n) is 14.8. The van der Waals surface area contributed by atoms with Gasteiger partial charge in [0.25, 0.3) is 5.91 Å². The molecule has 0 bridgehead atoms. The number of aromatic nitrogens is 1. The highest BCUT2D eigenvalue weighted by Crippen LogP contribution is 2.36. The molecule has 1 aliphatic heterocycles. The van der Waals surface area contributed by atoms with Crippen molar-refractivity contribution in [1.29, 1.82) is 0 Å². The molecule has 0 saturated carbocycles. The summed E-state index contributed by atoms with van der Waals surface area (Å²) in [5.41, 5.74) is 3.08. The molecule has 2 aromatic heterocycles. The maximum Gasteiger partial charge on any atom is 0.266 e. The van der Waals surface area contributed by atoms with Gasteiger partial charge in [-0.25, -0.2) is 4.98 Å². The van der Waals surface area contributed by atoms with E-state index in [0.717, 1.165) is 51.8 Å². The van der Waals surface area contributed by atoms with E-state index >= 15 is 0 Å². The minimum absolute atomic E-state index is 0.0970. The van der Waals surface area contributed by atoms with Crippen LogP contribution in [0.3, 0.4) is 0 Å². The molecule has 1 aliphatic rings. The van der Waals surface area contributed by atoms with Crippen molar-refractivity contribution in [2.45, 2.75) is 25.8 Å². The fourth-order valence-corrected chi connectivity index (χ4v) is 5.15. The average Bonchev–Trinajstić information content (AvgIpc) is 3.41. The van der Waals surface area contributed by atoms with Crippen molar-refractivity contribution < 1.29 is 9.53 Å². The van der Waals surface area contributed by atoms with E-state index in [0.29, 0.717) is 0 Å². The monoisotopic (exact) mass is 384 g/mol. The van der Waals surface area contributed by atoms with Gasteiger partial charge in [-0.15, -0.1) is 11.3 Å². The molecule has 3 heterocycles. The molecule has 0 aliphatic carbocycles. The molecule has 0 radical (unpaired) electrons. The summed E-state index contributed by atoms with van der Waals surface area (Å²) in [5, 5.41) is 5.03. The van der Waals surface area contributed by atoms with Crippen LogP contribution >= 0.6 is 22.7 Å². The number of hydrogen-bond acceptors (Lipinski definition) is 5. The topological polar surface area (TPSA) is 42.4 Å². The van der Waals surface area contributed by atoms with Crippen molar-refractivity contribution in [3.8, 4) is 16.3 Å². The summed E-state index contributed by atoms with van der Waals surface area (Å²) in [6.07, 6.45) is 2.02. The summed E-state index contributed by atoms with van der Waals surface area (Å²) < 4.78 is 5.24. The second kappa shape index (κ2) is 7.21. The lowest BCUT2D eigenvalue weighted by molar-refractivity contribution is 0.0739. The Morgan fingerprint density at radius 3 is 2.77 bits per heavy atom. The number of likely N-dealkylation sites (tertiary alicyclic amines) is 1. The van der Waals surface area contributed by atoms with Crippen LogP contribution in [0.1, 0.15) is 39.8 Å². The number of carbonyl (C=O) groups excluding carboxylic acids is 1. The van der Waals surface area contributed by atoms with Crippen LogP contribution in [-0.4, -0.2) is 29.4 Å². The Hall–Kier alpha value is -2.18. The van der Waals surface area contributed by atoms with Gasteiger partial charge in [-0.2, -0.15) is 11.3 Å². The number of rotatable bonds is 4. The van der Waals surface area contributed by atoms with E-state index < -0.39 is 0 Å². The van der Waals surface area contributed by atoms with Crippen molar-refractivity contribution in [3.63, 3.8) is 0 Å². The van der Waals surface area contributed by atoms with Crippen LogP contribution in [-0.2, 0) is 0 Å². The minimum atomic E-state index is 0.0970. The molecule has 1 amide bonds. The molecule has 4 nitrogen and oxygen atoms in total. The summed E-state index contributed by atoms with van der Waals surface area (Å²) in [6, 6.07) is 10.2. The van der Waals surface area contributed by atoms with Crippen molar-refractivity contribution >= 4 is 28.6 Å². The lowest BCUT2D eigenvalue weighted by Gasteiger charge is -2.25. The van der Waals surface area contributed by atoms with E-state index in [2.05, 4.69) is 22.5 Å². The highest BCUT2D eigenvalue weighted by molar-refractivity contribution is 7.17. The third-order valence-electron chi connectivity index (χ3n) is 4.77. The maximum atomic E-state index is 13.2. The van der Waals surface area contributed by atoms with Crippen LogP contribution in [0, 0.1) is 6.92 Å². The van der Waals surface area contributed by atoms with E-state index in [1.54, 1.807) is 18.4 Å². The van der Waals surface area contributed by atoms with Gasteiger partial charge in [0, 0.05) is 17.5 Å². The Balaban J connectivity index is 1.60. The number of aryl methyl sites for hydroxylation is 1. The molecule has 0 spiro atoms. The first-order valence-electron chi connectivity index (χ1n) is 8.62. The fourth-order valence-electron chi connectivity index (χ4n) is 3.42. The summed E-state index contributed by atoms with van der Waals surface area (Å²) >= 11 is 3.14. The molecule has 26 heavy (non-hydrogen) atoms. The van der Waals surface area contributed by atoms with Crippen LogP contribution in [0.25, 0.3) is 10.6 Å². The zero-order chi connectivity index (χ0) is 18.1. The number of carbonyl (C=O) groups is 1. The average molecular weight is 385 g/mol. The van der Waals surface area contributed by atoms with Crippen molar-refractivity contribution in [2.75, 3.05) is 13.7 Å². The van der Waals surface area contributed by atoms with Gasteiger partial charge in [0.2, 0.25) is 0 Å². The number of thiazole rings is 1. The highest BCUT2D eigenvalue weighted by Gasteiger charge is 2.32. The summed E-state index contributed by atoms with van der Waals surface area (Å²) in [6.45, 7) is 2.72. The number of hydrogen-bond donors (Lipinski definition) is 0. The standard InChI is InChI=1S/C20H20N2O2S2/c1-13-18(26-19(21-13)15-9-11-25-12-15)20(23)22-10-3-4-17(22)14-5-7-16(24-2)8-6-14/h5-9,11-12,17H,3-4,10H2,1-2H3. The Kier molecular flexibility index (Phi) is 4.78. The van der Waals surface area contributed by atoms with E-state index in [4.69, 9.17) is 4.74 Å². The fraction of sp³-hybridized carbons (Fsp3) is 0.300. The molecule has 1 atom stereocenters. The Bertz CT molecular complexity index is 901. The molecular weight excluding hydrogens is 364 g/mol. The lowest BCUT2D eigenvalue weighted by atomic mass is 10.0. The van der Waals surface area contributed by atoms with Crippen LogP contribution in [0.4, 0.5) is 0 Å². The Morgan fingerprint density at radius 2 is 2.08 bits per heavy atom. The van der Waals surface area contributed by atoms with E-state index in [-0.39, 0.29) is 11.9 Å². The van der Waals surface area contributed by atoms with Crippen molar-refractivity contribution in [2.24, 2.45) is 0 Å². The number of thiophene rings is 1. The summed E-state index contributed by atoms with van der Waals surface area (Å²) in [5.74, 6) is 0.933. The summed E-state index contributed by atoms with van der Waals surface area (Å²) in [7, 11) is 1.66. The first-order chi connectivity index (χ1) is 12.7. The van der Waals surface area contributed by atoms with Gasteiger partial charge >= 0.3 is 0 Å². The predicted octanol–water partition coefficient (Wildman–Crippen LogP) is 5.17. The second-order valence-electron chi connectivity index (χ2n) is 6.38. The van der Waals surface area contributed by atoms with Gasteiger partial charge < -0.3 is 9.64 Å². The SMILES string of the molecule is COc1ccc(C2CCCN2C(=O)c2sc(-c3ccsc3)nc2C)cc1. The number of ether oxygens (including phenoxy) is 1. The lowest BCUT2D eigenvalue weighted by Crippen LogP contribution is -2.30. The smallest absolute Gasteiger partial charge is 0.266 e. The van der Waals surface area contributed by atoms with Gasteiger partial charge in [-0.3, -0.25) is 4.79 Å². The molecule has 3 aromatic rings. The molecule has 1 saturated heterocycles.